The molecule has 7 nitrogen and oxygen atoms in total. The van der Waals surface area contributed by atoms with Crippen molar-refractivity contribution in [3.8, 4) is 11.5 Å². The molecule has 2 aromatic carbocycles. The van der Waals surface area contributed by atoms with Crippen molar-refractivity contribution < 1.29 is 31.5 Å². The molecule has 0 heterocycles. The number of nitrogens with one attached hydrogen (secondary N) is 1. The van der Waals surface area contributed by atoms with Gasteiger partial charge < -0.3 is 14.8 Å². The molecule has 31 heavy (non-hydrogen) atoms. The summed E-state index contributed by atoms with van der Waals surface area (Å²) in [6, 6.07) is 6.20. The Morgan fingerprint density at radius 1 is 1.06 bits per heavy atom. The maximum Gasteiger partial charge on any atom is 0.244 e. The van der Waals surface area contributed by atoms with Crippen molar-refractivity contribution in [2.75, 3.05) is 24.8 Å². The van der Waals surface area contributed by atoms with Gasteiger partial charge in [0.2, 0.25) is 15.9 Å². The van der Waals surface area contributed by atoms with Crippen LogP contribution in [0.4, 0.5) is 14.5 Å². The van der Waals surface area contributed by atoms with Gasteiger partial charge in [-0.3, -0.25) is 9.10 Å². The molecule has 2 aromatic rings. The fraction of sp³-hybridized carbons (Fsp3) is 0.381. The first-order valence-corrected chi connectivity index (χ1v) is 11.3. The molecule has 2 rings (SSSR count). The minimum Gasteiger partial charge on any atom is -0.493 e. The molecule has 0 unspecified atom stereocenters. The molecule has 0 saturated carbocycles. The Balaban J connectivity index is 2.33. The van der Waals surface area contributed by atoms with Gasteiger partial charge in [-0.15, -0.1) is 0 Å². The van der Waals surface area contributed by atoms with Crippen LogP contribution < -0.4 is 19.1 Å². The van der Waals surface area contributed by atoms with E-state index in [-0.39, 0.29) is 5.69 Å². The number of amides is 1. The highest BCUT2D eigenvalue weighted by molar-refractivity contribution is 7.92. The quantitative estimate of drug-likeness (QED) is 0.625. The van der Waals surface area contributed by atoms with Crippen LogP contribution in [0.2, 0.25) is 0 Å². The van der Waals surface area contributed by atoms with E-state index in [9.17, 15) is 22.0 Å². The lowest BCUT2D eigenvalue weighted by molar-refractivity contribution is -0.122. The highest BCUT2D eigenvalue weighted by Crippen LogP contribution is 2.31. The molecule has 0 bridgehead atoms. The summed E-state index contributed by atoms with van der Waals surface area (Å²) in [4.78, 5) is 12.9. The van der Waals surface area contributed by atoms with Crippen LogP contribution >= 0.6 is 0 Å². The fourth-order valence-corrected chi connectivity index (χ4v) is 4.38. The summed E-state index contributed by atoms with van der Waals surface area (Å²) >= 11 is 0. The fourth-order valence-electron chi connectivity index (χ4n) is 3.21. The predicted octanol–water partition coefficient (Wildman–Crippen LogP) is 3.40. The molecule has 0 spiro atoms. The molecule has 0 aliphatic carbocycles. The molecular weight excluding hydrogens is 430 g/mol. The largest absolute Gasteiger partial charge is 0.493 e. The van der Waals surface area contributed by atoms with E-state index in [0.717, 1.165) is 34.3 Å². The second-order valence-corrected chi connectivity index (χ2v) is 8.78. The summed E-state index contributed by atoms with van der Waals surface area (Å²) in [7, 11) is -0.966. The lowest BCUT2D eigenvalue weighted by atomic mass is 10.0. The van der Waals surface area contributed by atoms with Crippen LogP contribution in [0.25, 0.3) is 0 Å². The molecule has 0 aliphatic rings. The molecule has 0 saturated heterocycles. The summed E-state index contributed by atoms with van der Waals surface area (Å²) in [5, 5.41) is 2.81. The van der Waals surface area contributed by atoms with E-state index >= 15 is 0 Å². The first-order valence-electron chi connectivity index (χ1n) is 9.50. The topological polar surface area (TPSA) is 84.9 Å². The zero-order valence-electron chi connectivity index (χ0n) is 18.0. The van der Waals surface area contributed by atoms with Crippen molar-refractivity contribution in [2.24, 2.45) is 0 Å². The molecule has 0 aromatic heterocycles. The van der Waals surface area contributed by atoms with Crippen molar-refractivity contribution in [1.82, 2.24) is 5.32 Å². The zero-order valence-corrected chi connectivity index (χ0v) is 18.8. The number of halogens is 2. The third-order valence-electron chi connectivity index (χ3n) is 4.78. The first-order chi connectivity index (χ1) is 14.5. The molecule has 0 radical (unpaired) electrons. The highest BCUT2D eigenvalue weighted by Gasteiger charge is 2.31. The van der Waals surface area contributed by atoms with Gasteiger partial charge in [0.05, 0.1) is 32.2 Å². The van der Waals surface area contributed by atoms with E-state index in [1.165, 1.54) is 21.1 Å². The van der Waals surface area contributed by atoms with E-state index in [1.807, 2.05) is 6.92 Å². The minimum absolute atomic E-state index is 0.150. The van der Waals surface area contributed by atoms with Crippen LogP contribution in [0.5, 0.6) is 11.5 Å². The van der Waals surface area contributed by atoms with Gasteiger partial charge in [-0.2, -0.15) is 0 Å². The Labute approximate surface area is 181 Å². The second kappa shape index (κ2) is 9.95. The maximum atomic E-state index is 13.7. The van der Waals surface area contributed by atoms with Crippen molar-refractivity contribution in [1.29, 1.82) is 0 Å². The first kappa shape index (κ1) is 24.4. The average Bonchev–Trinajstić information content (AvgIpc) is 2.72. The van der Waals surface area contributed by atoms with E-state index in [4.69, 9.17) is 9.47 Å². The zero-order chi connectivity index (χ0) is 23.3. The number of carbonyl (C=O) groups is 1. The molecule has 10 heteroatoms. The van der Waals surface area contributed by atoms with E-state index < -0.39 is 39.6 Å². The lowest BCUT2D eigenvalue weighted by Gasteiger charge is -2.30. The van der Waals surface area contributed by atoms with Gasteiger partial charge in [0, 0.05) is 6.07 Å². The molecular formula is C21H26F2N2O5S. The lowest BCUT2D eigenvalue weighted by Crippen LogP contribution is -2.48. The molecule has 170 valence electrons. The highest BCUT2D eigenvalue weighted by atomic mass is 32.2. The van der Waals surface area contributed by atoms with Crippen LogP contribution in [0, 0.1) is 11.6 Å². The van der Waals surface area contributed by atoms with Crippen LogP contribution in [-0.2, 0) is 14.8 Å². The number of anilines is 1. The number of benzene rings is 2. The molecule has 0 aliphatic heterocycles. The van der Waals surface area contributed by atoms with Crippen LogP contribution in [0.3, 0.4) is 0 Å². The Morgan fingerprint density at radius 2 is 1.71 bits per heavy atom. The van der Waals surface area contributed by atoms with Gasteiger partial charge in [0.1, 0.15) is 6.04 Å². The van der Waals surface area contributed by atoms with Gasteiger partial charge in [0.25, 0.3) is 0 Å². The van der Waals surface area contributed by atoms with Crippen molar-refractivity contribution in [3.05, 3.63) is 53.6 Å². The Hall–Kier alpha value is -2.88. The predicted molar refractivity (Wildman–Crippen MR) is 114 cm³/mol. The smallest absolute Gasteiger partial charge is 0.244 e. The molecule has 1 amide bonds. The number of sulfonamides is 1. The van der Waals surface area contributed by atoms with Crippen molar-refractivity contribution in [2.45, 2.75) is 32.4 Å². The maximum absolute atomic E-state index is 13.7. The summed E-state index contributed by atoms with van der Waals surface area (Å²) in [6.45, 7) is 3.23. The number of rotatable bonds is 9. The number of ether oxygens (including phenoxy) is 2. The third kappa shape index (κ3) is 5.63. The van der Waals surface area contributed by atoms with Gasteiger partial charge in [-0.25, -0.2) is 17.2 Å². The Kier molecular flexibility index (Phi) is 7.83. The SMILES string of the molecule is CC[C@@H](NC(=O)[C@H](C)N(c1ccc(F)c(F)c1)S(C)(=O)=O)c1ccc(OC)c(OC)c1. The standard InChI is InChI=1S/C21H26F2N2O5S/c1-6-18(14-7-10-19(29-3)20(11-14)30-4)24-21(26)13(2)25(31(5,27)28)15-8-9-16(22)17(23)12-15/h7-13,18H,6H2,1-5H3,(H,24,26)/t13-,18+/m0/s1. The molecule has 1 N–H and O–H groups in total. The van der Waals surface area contributed by atoms with E-state index in [0.29, 0.717) is 17.9 Å². The van der Waals surface area contributed by atoms with Gasteiger partial charge in [-0.1, -0.05) is 13.0 Å². The summed E-state index contributed by atoms with van der Waals surface area (Å²) in [5.74, 6) is -1.91. The van der Waals surface area contributed by atoms with Gasteiger partial charge >= 0.3 is 0 Å². The van der Waals surface area contributed by atoms with Gasteiger partial charge in [0.15, 0.2) is 23.1 Å². The van der Waals surface area contributed by atoms with Crippen molar-refractivity contribution >= 4 is 21.6 Å². The number of hydrogen-bond acceptors (Lipinski definition) is 5. The summed E-state index contributed by atoms with van der Waals surface area (Å²) < 4.78 is 63.0. The normalized spacial score (nSPS) is 13.3. The summed E-state index contributed by atoms with van der Waals surface area (Å²) in [5.41, 5.74) is 0.586. The number of methoxy groups -OCH3 is 2. The third-order valence-corrected chi connectivity index (χ3v) is 6.02. The monoisotopic (exact) mass is 456 g/mol. The van der Waals surface area contributed by atoms with Crippen LogP contribution in [0.15, 0.2) is 36.4 Å². The number of nitrogens with zero attached hydrogens (tertiary/aromatic N) is 1. The Bertz CT molecular complexity index is 1050. The molecule has 0 fully saturated rings. The second-order valence-electron chi connectivity index (χ2n) is 6.92. The van der Waals surface area contributed by atoms with E-state index in [2.05, 4.69) is 5.32 Å². The van der Waals surface area contributed by atoms with Crippen molar-refractivity contribution in [3.63, 3.8) is 0 Å². The molecule has 2 atom stereocenters. The minimum atomic E-state index is -3.97. The van der Waals surface area contributed by atoms with Gasteiger partial charge in [-0.05, 0) is 43.2 Å². The number of carbonyl (C=O) groups excluding carboxylic acids is 1. The van der Waals surface area contributed by atoms with Crippen LogP contribution in [0.1, 0.15) is 31.9 Å². The number of hydrogen-bond donors (Lipinski definition) is 1. The average molecular weight is 457 g/mol. The van der Waals surface area contributed by atoms with E-state index in [1.54, 1.807) is 18.2 Å². The summed E-state index contributed by atoms with van der Waals surface area (Å²) in [6.07, 6.45) is 1.40. The Morgan fingerprint density at radius 3 is 2.23 bits per heavy atom. The van der Waals surface area contributed by atoms with Crippen LogP contribution in [-0.4, -0.2) is 40.8 Å².